The van der Waals surface area contributed by atoms with Gasteiger partial charge in [0.05, 0.1) is 12.5 Å². The molecule has 1 saturated heterocycles. The van der Waals surface area contributed by atoms with Crippen LogP contribution >= 0.6 is 11.8 Å². The van der Waals surface area contributed by atoms with E-state index in [1.54, 1.807) is 11.8 Å². The van der Waals surface area contributed by atoms with Crippen molar-refractivity contribution in [3.05, 3.63) is 60.2 Å². The fourth-order valence-corrected chi connectivity index (χ4v) is 4.94. The third-order valence-corrected chi connectivity index (χ3v) is 6.24. The monoisotopic (exact) mass is 353 g/mol. The molecule has 3 nitrogen and oxygen atoms in total. The number of hydrogen-bond acceptors (Lipinski definition) is 3. The van der Waals surface area contributed by atoms with Crippen LogP contribution in [0, 0.1) is 5.92 Å². The van der Waals surface area contributed by atoms with Crippen LogP contribution in [-0.4, -0.2) is 36.3 Å². The summed E-state index contributed by atoms with van der Waals surface area (Å²) in [6.07, 6.45) is 2.20. The van der Waals surface area contributed by atoms with E-state index in [0.29, 0.717) is 18.4 Å². The standard InChI is InChI=1S/C21H23NO2S/c23-21(19-15-25-20-11-5-4-10-18(19)20)22-12-6-7-16(13-22)14-24-17-8-2-1-3-9-17/h1-5,8-11,16,19H,6-7,12-15H2. The summed E-state index contributed by atoms with van der Waals surface area (Å²) in [4.78, 5) is 16.4. The molecule has 2 unspecified atom stereocenters. The summed E-state index contributed by atoms with van der Waals surface area (Å²) in [6, 6.07) is 18.3. The molecule has 1 amide bonds. The largest absolute Gasteiger partial charge is 0.493 e. The third-order valence-electron chi connectivity index (χ3n) is 5.06. The second kappa shape index (κ2) is 7.52. The lowest BCUT2D eigenvalue weighted by Gasteiger charge is -2.34. The van der Waals surface area contributed by atoms with E-state index < -0.39 is 0 Å². The second-order valence-corrected chi connectivity index (χ2v) is 7.88. The third kappa shape index (κ3) is 3.69. The molecule has 4 heteroatoms. The quantitative estimate of drug-likeness (QED) is 0.825. The van der Waals surface area contributed by atoms with Crippen molar-refractivity contribution in [3.8, 4) is 5.75 Å². The zero-order valence-corrected chi connectivity index (χ0v) is 15.1. The Morgan fingerprint density at radius 1 is 1.12 bits per heavy atom. The molecule has 2 heterocycles. The van der Waals surface area contributed by atoms with Crippen LogP contribution in [0.2, 0.25) is 0 Å². The molecule has 130 valence electrons. The van der Waals surface area contributed by atoms with E-state index in [1.807, 2.05) is 36.4 Å². The summed E-state index contributed by atoms with van der Waals surface area (Å²) in [6.45, 7) is 2.38. The van der Waals surface area contributed by atoms with Crippen molar-refractivity contribution in [1.29, 1.82) is 0 Å². The number of carbonyl (C=O) groups excluding carboxylic acids is 1. The predicted molar refractivity (Wildman–Crippen MR) is 101 cm³/mol. The van der Waals surface area contributed by atoms with Crippen molar-refractivity contribution >= 4 is 17.7 Å². The summed E-state index contributed by atoms with van der Waals surface area (Å²) in [5.41, 5.74) is 1.21. The van der Waals surface area contributed by atoms with Gasteiger partial charge in [-0.05, 0) is 36.6 Å². The maximum Gasteiger partial charge on any atom is 0.231 e. The highest BCUT2D eigenvalue weighted by Crippen LogP contribution is 2.40. The molecule has 0 aliphatic carbocycles. The van der Waals surface area contributed by atoms with Crippen molar-refractivity contribution in [2.45, 2.75) is 23.7 Å². The van der Waals surface area contributed by atoms with Gasteiger partial charge >= 0.3 is 0 Å². The van der Waals surface area contributed by atoms with E-state index in [-0.39, 0.29) is 5.92 Å². The Morgan fingerprint density at radius 2 is 1.92 bits per heavy atom. The lowest BCUT2D eigenvalue weighted by molar-refractivity contribution is -0.134. The number of benzene rings is 2. The molecule has 2 aliphatic rings. The van der Waals surface area contributed by atoms with Gasteiger partial charge in [-0.2, -0.15) is 0 Å². The van der Waals surface area contributed by atoms with Crippen molar-refractivity contribution < 1.29 is 9.53 Å². The van der Waals surface area contributed by atoms with Crippen LogP contribution in [0.25, 0.3) is 0 Å². The highest BCUT2D eigenvalue weighted by Gasteiger charge is 2.34. The molecule has 0 bridgehead atoms. The number of rotatable bonds is 4. The van der Waals surface area contributed by atoms with E-state index >= 15 is 0 Å². The van der Waals surface area contributed by atoms with E-state index in [2.05, 4.69) is 23.1 Å². The summed E-state index contributed by atoms with van der Waals surface area (Å²) in [5.74, 6) is 2.52. The molecular weight excluding hydrogens is 330 g/mol. The highest BCUT2D eigenvalue weighted by atomic mass is 32.2. The van der Waals surface area contributed by atoms with E-state index in [4.69, 9.17) is 4.74 Å². The summed E-state index contributed by atoms with van der Waals surface area (Å²) in [5, 5.41) is 0. The number of thioether (sulfide) groups is 1. The Hall–Kier alpha value is -1.94. The Balaban J connectivity index is 1.37. The molecule has 0 spiro atoms. The smallest absolute Gasteiger partial charge is 0.231 e. The fraction of sp³-hybridized carbons (Fsp3) is 0.381. The number of likely N-dealkylation sites (tertiary alicyclic amines) is 1. The SMILES string of the molecule is O=C(C1CSc2ccccc21)N1CCCC(COc2ccccc2)C1. The number of carbonyl (C=O) groups is 1. The lowest BCUT2D eigenvalue weighted by atomic mass is 9.95. The minimum absolute atomic E-state index is 0.0231. The molecule has 0 N–H and O–H groups in total. The minimum atomic E-state index is 0.0231. The van der Waals surface area contributed by atoms with Gasteiger partial charge in [0.15, 0.2) is 0 Å². The van der Waals surface area contributed by atoms with Gasteiger partial charge in [0.25, 0.3) is 0 Å². The van der Waals surface area contributed by atoms with Crippen molar-refractivity contribution in [1.82, 2.24) is 4.90 Å². The first-order chi connectivity index (χ1) is 12.3. The minimum Gasteiger partial charge on any atom is -0.493 e. The number of ether oxygens (including phenoxy) is 1. The summed E-state index contributed by atoms with van der Waals surface area (Å²) in [7, 11) is 0. The lowest BCUT2D eigenvalue weighted by Crippen LogP contribution is -2.43. The number of fused-ring (bicyclic) bond motifs is 1. The molecule has 4 rings (SSSR count). The molecule has 0 radical (unpaired) electrons. The maximum absolute atomic E-state index is 13.1. The Bertz CT molecular complexity index is 734. The Labute approximate surface area is 153 Å². The van der Waals surface area contributed by atoms with Gasteiger partial charge in [-0.3, -0.25) is 4.79 Å². The Morgan fingerprint density at radius 3 is 2.80 bits per heavy atom. The molecule has 1 fully saturated rings. The van der Waals surface area contributed by atoms with Crippen LogP contribution < -0.4 is 4.74 Å². The van der Waals surface area contributed by atoms with E-state index in [0.717, 1.165) is 37.4 Å². The first kappa shape index (κ1) is 16.5. The zero-order chi connectivity index (χ0) is 17.1. The van der Waals surface area contributed by atoms with Crippen LogP contribution in [0.4, 0.5) is 0 Å². The second-order valence-electron chi connectivity index (χ2n) is 6.82. The van der Waals surface area contributed by atoms with Gasteiger partial charge in [-0.1, -0.05) is 36.4 Å². The Kier molecular flexibility index (Phi) is 4.97. The van der Waals surface area contributed by atoms with Gasteiger partial charge < -0.3 is 9.64 Å². The predicted octanol–water partition coefficient (Wildman–Crippen LogP) is 4.19. The van der Waals surface area contributed by atoms with Crippen LogP contribution in [0.1, 0.15) is 24.3 Å². The maximum atomic E-state index is 13.1. The van der Waals surface area contributed by atoms with Crippen molar-refractivity contribution in [2.75, 3.05) is 25.4 Å². The molecule has 0 saturated carbocycles. The molecule has 25 heavy (non-hydrogen) atoms. The van der Waals surface area contributed by atoms with Crippen LogP contribution in [0.15, 0.2) is 59.5 Å². The molecular formula is C21H23NO2S. The first-order valence-electron chi connectivity index (χ1n) is 8.99. The molecule has 2 aromatic carbocycles. The average Bonchev–Trinajstić information content (AvgIpc) is 3.11. The van der Waals surface area contributed by atoms with Gasteiger partial charge in [0, 0.05) is 29.7 Å². The fourth-order valence-electron chi connectivity index (χ4n) is 3.72. The van der Waals surface area contributed by atoms with E-state index in [1.165, 1.54) is 10.5 Å². The van der Waals surface area contributed by atoms with Gasteiger partial charge in [-0.25, -0.2) is 0 Å². The van der Waals surface area contributed by atoms with Crippen LogP contribution in [0.3, 0.4) is 0 Å². The average molecular weight is 353 g/mol. The zero-order valence-electron chi connectivity index (χ0n) is 14.3. The van der Waals surface area contributed by atoms with Crippen molar-refractivity contribution in [3.63, 3.8) is 0 Å². The van der Waals surface area contributed by atoms with E-state index in [9.17, 15) is 4.79 Å². The molecule has 2 aliphatic heterocycles. The molecule has 2 aromatic rings. The van der Waals surface area contributed by atoms with Gasteiger partial charge in [0.1, 0.15) is 5.75 Å². The topological polar surface area (TPSA) is 29.5 Å². The van der Waals surface area contributed by atoms with Gasteiger partial charge in [-0.15, -0.1) is 11.8 Å². The number of piperidine rings is 1. The van der Waals surface area contributed by atoms with Crippen molar-refractivity contribution in [2.24, 2.45) is 5.92 Å². The number of hydrogen-bond donors (Lipinski definition) is 0. The molecule has 0 aromatic heterocycles. The number of para-hydroxylation sites is 1. The highest BCUT2D eigenvalue weighted by molar-refractivity contribution is 7.99. The first-order valence-corrected chi connectivity index (χ1v) is 9.98. The normalized spacial score (nSPS) is 22.5. The van der Waals surface area contributed by atoms with Gasteiger partial charge in [0.2, 0.25) is 5.91 Å². The summed E-state index contributed by atoms with van der Waals surface area (Å²) >= 11 is 1.80. The summed E-state index contributed by atoms with van der Waals surface area (Å²) < 4.78 is 5.91. The molecule has 2 atom stereocenters. The number of amides is 1. The van der Waals surface area contributed by atoms with Crippen LogP contribution in [-0.2, 0) is 4.79 Å². The van der Waals surface area contributed by atoms with Crippen LogP contribution in [0.5, 0.6) is 5.75 Å². The number of nitrogens with zero attached hydrogens (tertiary/aromatic N) is 1.